The molecule has 3 aromatic rings. The summed E-state index contributed by atoms with van der Waals surface area (Å²) >= 11 is 0. The minimum Gasteiger partial charge on any atom is -0.340 e. The number of aromatic nitrogens is 1. The Balaban J connectivity index is 1.69. The molecule has 0 aliphatic carbocycles. The molecule has 0 saturated carbocycles. The van der Waals surface area contributed by atoms with Crippen molar-refractivity contribution in [2.75, 3.05) is 5.32 Å². The van der Waals surface area contributed by atoms with Gasteiger partial charge in [0, 0.05) is 11.3 Å². The lowest BCUT2D eigenvalue weighted by Crippen LogP contribution is -2.22. The third kappa shape index (κ3) is 4.25. The summed E-state index contributed by atoms with van der Waals surface area (Å²) in [5.74, 6) is -0.00710. The first-order valence-corrected chi connectivity index (χ1v) is 9.63. The Kier molecular flexibility index (Phi) is 5.14. The SMILES string of the molecule is C=C(Nc1cc(C)cc(-c2ccccc2C(F)(F)F)n1)c1cc(F)ccc1B1CC1. The maximum Gasteiger partial charge on any atom is 0.417 e. The van der Waals surface area contributed by atoms with Crippen LogP contribution in [0.2, 0.25) is 12.6 Å². The molecule has 1 saturated heterocycles. The monoisotopic (exact) mass is 410 g/mol. The van der Waals surface area contributed by atoms with Crippen LogP contribution in [0.1, 0.15) is 16.7 Å². The maximum absolute atomic E-state index is 13.8. The van der Waals surface area contributed by atoms with E-state index < -0.39 is 11.7 Å². The third-order valence-corrected chi connectivity index (χ3v) is 5.11. The average Bonchev–Trinajstić information content (AvgIpc) is 3.52. The van der Waals surface area contributed by atoms with Crippen LogP contribution in [0, 0.1) is 12.7 Å². The van der Waals surface area contributed by atoms with Crippen LogP contribution in [0.3, 0.4) is 0 Å². The van der Waals surface area contributed by atoms with E-state index in [1.165, 1.54) is 24.3 Å². The van der Waals surface area contributed by atoms with Gasteiger partial charge in [-0.15, -0.1) is 0 Å². The number of rotatable bonds is 5. The van der Waals surface area contributed by atoms with Crippen LogP contribution >= 0.6 is 0 Å². The second kappa shape index (κ2) is 7.63. The minimum atomic E-state index is -4.49. The second-order valence-electron chi connectivity index (χ2n) is 7.57. The summed E-state index contributed by atoms with van der Waals surface area (Å²) in [6, 6.07) is 13.3. The number of nitrogens with one attached hydrogen (secondary N) is 1. The average molecular weight is 410 g/mol. The van der Waals surface area contributed by atoms with E-state index in [4.69, 9.17) is 0 Å². The fourth-order valence-corrected chi connectivity index (χ4v) is 3.59. The molecule has 1 N–H and O–H groups in total. The molecule has 152 valence electrons. The Bertz CT molecular complexity index is 1120. The van der Waals surface area contributed by atoms with Crippen molar-refractivity contribution in [3.05, 3.63) is 83.7 Å². The summed E-state index contributed by atoms with van der Waals surface area (Å²) in [6.45, 7) is 6.20. The van der Waals surface area contributed by atoms with Crippen molar-refractivity contribution in [1.29, 1.82) is 0 Å². The molecule has 0 unspecified atom stereocenters. The lowest BCUT2D eigenvalue weighted by molar-refractivity contribution is -0.137. The lowest BCUT2D eigenvalue weighted by Gasteiger charge is -2.16. The molecule has 1 fully saturated rings. The largest absolute Gasteiger partial charge is 0.417 e. The summed E-state index contributed by atoms with van der Waals surface area (Å²) in [6.07, 6.45) is -2.39. The topological polar surface area (TPSA) is 24.9 Å². The van der Waals surface area contributed by atoms with Gasteiger partial charge in [-0.3, -0.25) is 0 Å². The zero-order chi connectivity index (χ0) is 21.5. The van der Waals surface area contributed by atoms with Crippen molar-refractivity contribution in [1.82, 2.24) is 4.98 Å². The Morgan fingerprint density at radius 3 is 2.50 bits per heavy atom. The molecule has 0 amide bonds. The van der Waals surface area contributed by atoms with Gasteiger partial charge < -0.3 is 5.32 Å². The van der Waals surface area contributed by atoms with Crippen molar-refractivity contribution in [3.8, 4) is 11.3 Å². The number of pyridine rings is 1. The molecule has 2 nitrogen and oxygen atoms in total. The summed E-state index contributed by atoms with van der Waals surface area (Å²) in [5, 5.41) is 3.06. The minimum absolute atomic E-state index is 0.00628. The van der Waals surface area contributed by atoms with Crippen LogP contribution in [-0.4, -0.2) is 11.7 Å². The number of benzene rings is 2. The van der Waals surface area contributed by atoms with Crippen LogP contribution in [0.5, 0.6) is 0 Å². The van der Waals surface area contributed by atoms with Crippen LogP contribution in [-0.2, 0) is 6.18 Å². The molecule has 0 radical (unpaired) electrons. The van der Waals surface area contributed by atoms with E-state index in [2.05, 4.69) is 16.9 Å². The zero-order valence-electron chi connectivity index (χ0n) is 16.4. The Morgan fingerprint density at radius 1 is 1.07 bits per heavy atom. The van der Waals surface area contributed by atoms with Crippen LogP contribution < -0.4 is 10.8 Å². The van der Waals surface area contributed by atoms with E-state index in [1.807, 2.05) is 0 Å². The van der Waals surface area contributed by atoms with E-state index in [9.17, 15) is 17.6 Å². The second-order valence-corrected chi connectivity index (χ2v) is 7.57. The molecule has 0 atom stereocenters. The molecule has 4 rings (SSSR count). The van der Waals surface area contributed by atoms with E-state index in [0.717, 1.165) is 29.7 Å². The van der Waals surface area contributed by atoms with Gasteiger partial charge in [-0.05, 0) is 48.4 Å². The van der Waals surface area contributed by atoms with Crippen molar-refractivity contribution >= 4 is 23.7 Å². The highest BCUT2D eigenvalue weighted by Gasteiger charge is 2.34. The van der Waals surface area contributed by atoms with Gasteiger partial charge in [0.05, 0.1) is 11.3 Å². The van der Waals surface area contributed by atoms with E-state index in [1.54, 1.807) is 31.2 Å². The van der Waals surface area contributed by atoms with Crippen molar-refractivity contribution in [3.63, 3.8) is 0 Å². The molecular formula is C23H19BF4N2. The van der Waals surface area contributed by atoms with Gasteiger partial charge in [0.15, 0.2) is 6.71 Å². The first-order valence-electron chi connectivity index (χ1n) is 9.63. The number of nitrogens with zero attached hydrogens (tertiary/aromatic N) is 1. The molecule has 1 aromatic heterocycles. The highest BCUT2D eigenvalue weighted by molar-refractivity contribution is 6.83. The first-order chi connectivity index (χ1) is 14.2. The molecular weight excluding hydrogens is 391 g/mol. The smallest absolute Gasteiger partial charge is 0.340 e. The first kappa shape index (κ1) is 20.2. The van der Waals surface area contributed by atoms with Gasteiger partial charge in [-0.1, -0.05) is 48.9 Å². The van der Waals surface area contributed by atoms with Gasteiger partial charge >= 0.3 is 6.18 Å². The molecule has 0 spiro atoms. The highest BCUT2D eigenvalue weighted by atomic mass is 19.4. The predicted octanol–water partition coefficient (Wildman–Crippen LogP) is 6.01. The Hall–Kier alpha value is -3.09. The van der Waals surface area contributed by atoms with E-state index >= 15 is 0 Å². The predicted molar refractivity (Wildman–Crippen MR) is 113 cm³/mol. The van der Waals surface area contributed by atoms with Gasteiger partial charge in [-0.25, -0.2) is 9.37 Å². The van der Waals surface area contributed by atoms with Crippen LogP contribution in [0.4, 0.5) is 23.4 Å². The number of aryl methyl sites for hydroxylation is 1. The van der Waals surface area contributed by atoms with Gasteiger partial charge in [-0.2, -0.15) is 13.2 Å². The molecule has 7 heteroatoms. The van der Waals surface area contributed by atoms with Crippen molar-refractivity contribution in [2.24, 2.45) is 0 Å². The Morgan fingerprint density at radius 2 is 1.80 bits per heavy atom. The number of hydrogen-bond donors (Lipinski definition) is 1. The molecule has 1 aliphatic heterocycles. The summed E-state index contributed by atoms with van der Waals surface area (Å²) in [4.78, 5) is 4.39. The fraction of sp³-hybridized carbons (Fsp3) is 0.174. The number of anilines is 1. The van der Waals surface area contributed by atoms with Gasteiger partial charge in [0.2, 0.25) is 0 Å². The third-order valence-electron chi connectivity index (χ3n) is 5.11. The highest BCUT2D eigenvalue weighted by Crippen LogP contribution is 2.37. The molecule has 0 bridgehead atoms. The number of halogens is 4. The molecule has 1 aliphatic rings. The summed E-state index contributed by atoms with van der Waals surface area (Å²) in [5.41, 5.74) is 2.36. The molecule has 2 heterocycles. The van der Waals surface area contributed by atoms with Gasteiger partial charge in [0.25, 0.3) is 0 Å². The fourth-order valence-electron chi connectivity index (χ4n) is 3.59. The standard InChI is InChI=1S/C23H19BF4N2/c1-14-11-21(17-5-3-4-6-19(17)23(26,27)28)30-22(12-14)29-15(2)18-13-16(25)7-8-20(18)24-9-10-24/h3-8,11-13H,2,9-10H2,1H3,(H,29,30). The molecule has 30 heavy (non-hydrogen) atoms. The van der Waals surface area contributed by atoms with Crippen molar-refractivity contribution < 1.29 is 17.6 Å². The van der Waals surface area contributed by atoms with Crippen LogP contribution in [0.25, 0.3) is 17.0 Å². The zero-order valence-corrected chi connectivity index (χ0v) is 16.4. The maximum atomic E-state index is 13.8. The normalized spacial score (nSPS) is 13.3. The Labute approximate surface area is 172 Å². The van der Waals surface area contributed by atoms with Crippen LogP contribution in [0.15, 0.2) is 61.2 Å². The number of hydrogen-bond acceptors (Lipinski definition) is 2. The van der Waals surface area contributed by atoms with E-state index in [0.29, 0.717) is 23.8 Å². The quantitative estimate of drug-likeness (QED) is 0.412. The summed E-state index contributed by atoms with van der Waals surface area (Å²) in [7, 11) is 0. The lowest BCUT2D eigenvalue weighted by atomic mass is 9.61. The molecule has 2 aromatic carbocycles. The van der Waals surface area contributed by atoms with Gasteiger partial charge in [0.1, 0.15) is 11.6 Å². The summed E-state index contributed by atoms with van der Waals surface area (Å²) < 4.78 is 54.2. The van der Waals surface area contributed by atoms with E-state index in [-0.39, 0.29) is 17.1 Å². The number of alkyl halides is 3. The van der Waals surface area contributed by atoms with Crippen molar-refractivity contribution in [2.45, 2.75) is 25.7 Å².